The highest BCUT2D eigenvalue weighted by atomic mass is 32.2. The van der Waals surface area contributed by atoms with Gasteiger partial charge in [-0.1, -0.05) is 219 Å². The van der Waals surface area contributed by atoms with Crippen LogP contribution in [0.2, 0.25) is 0 Å². The Morgan fingerprint density at radius 3 is 0.745 bits per heavy atom. The highest BCUT2D eigenvalue weighted by Gasteiger charge is 2.21. The summed E-state index contributed by atoms with van der Waals surface area (Å²) in [6.45, 7) is 4.56. The van der Waals surface area contributed by atoms with Crippen molar-refractivity contribution in [2.24, 2.45) is 0 Å². The number of carbonyl (C=O) groups is 2. The Morgan fingerprint density at radius 1 is 0.362 bits per heavy atom. The molecule has 0 radical (unpaired) electrons. The molecule has 2 atom stereocenters. The average Bonchev–Trinajstić information content (AvgIpc) is 3.03. The number of hydrogen-bond donors (Lipinski definition) is 2. The molecule has 0 fully saturated rings. The Kier molecular flexibility index (Phi) is 37.5. The smallest absolute Gasteiger partial charge is 0.304 e. The van der Waals surface area contributed by atoms with E-state index in [2.05, 4.69) is 13.8 Å². The summed E-state index contributed by atoms with van der Waals surface area (Å²) in [6, 6.07) is 0. The quantitative estimate of drug-likeness (QED) is 0.0629. The van der Waals surface area contributed by atoms with E-state index in [-0.39, 0.29) is 23.3 Å². The van der Waals surface area contributed by atoms with Crippen molar-refractivity contribution >= 4 is 23.7 Å². The zero-order valence-corrected chi connectivity index (χ0v) is 32.5. The first-order valence-corrected chi connectivity index (χ1v) is 22.0. The molecule has 0 aliphatic heterocycles. The molecule has 0 saturated carbocycles. The van der Waals surface area contributed by atoms with Crippen molar-refractivity contribution in [2.45, 2.75) is 255 Å². The maximum atomic E-state index is 11.6. The highest BCUT2D eigenvalue weighted by Crippen LogP contribution is 2.31. The van der Waals surface area contributed by atoms with E-state index in [1.807, 2.05) is 0 Å². The van der Waals surface area contributed by atoms with Crippen LogP contribution in [-0.4, -0.2) is 32.7 Å². The van der Waals surface area contributed by atoms with E-state index < -0.39 is 11.9 Å². The Balaban J connectivity index is 3.91. The molecule has 2 unspecified atom stereocenters. The molecule has 47 heavy (non-hydrogen) atoms. The fourth-order valence-electron chi connectivity index (χ4n) is 6.94. The zero-order valence-electron chi connectivity index (χ0n) is 31.7. The first-order chi connectivity index (χ1) is 23.0. The molecule has 5 heteroatoms. The number of aliphatic carboxylic acids is 2. The molecule has 0 heterocycles. The van der Waals surface area contributed by atoms with Gasteiger partial charge in [-0.15, -0.1) is 0 Å². The molecule has 2 N–H and O–H groups in total. The van der Waals surface area contributed by atoms with Crippen LogP contribution in [0.1, 0.15) is 245 Å². The van der Waals surface area contributed by atoms with Crippen molar-refractivity contribution in [3.63, 3.8) is 0 Å². The van der Waals surface area contributed by atoms with Crippen molar-refractivity contribution in [3.8, 4) is 0 Å². The van der Waals surface area contributed by atoms with Gasteiger partial charge in [-0.05, 0) is 12.8 Å². The third kappa shape index (κ3) is 38.0. The summed E-state index contributed by atoms with van der Waals surface area (Å²) < 4.78 is 0. The summed E-state index contributed by atoms with van der Waals surface area (Å²) in [5.41, 5.74) is 0. The predicted molar refractivity (Wildman–Crippen MR) is 208 cm³/mol. The molecule has 0 spiro atoms. The maximum absolute atomic E-state index is 11.6. The molecule has 0 aliphatic rings. The minimum absolute atomic E-state index is 0.0320. The number of rotatable bonds is 40. The minimum atomic E-state index is -0.754. The van der Waals surface area contributed by atoms with E-state index >= 15 is 0 Å². The first-order valence-electron chi connectivity index (χ1n) is 21.1. The van der Waals surface area contributed by atoms with Crippen LogP contribution in [0, 0.1) is 0 Å². The van der Waals surface area contributed by atoms with Gasteiger partial charge in [0.1, 0.15) is 0 Å². The molecule has 0 bridgehead atoms. The van der Waals surface area contributed by atoms with Gasteiger partial charge in [0, 0.05) is 10.5 Å². The summed E-state index contributed by atoms with van der Waals surface area (Å²) in [5.74, 6) is -1.51. The van der Waals surface area contributed by atoms with Crippen molar-refractivity contribution in [1.29, 1.82) is 0 Å². The third-order valence-corrected chi connectivity index (χ3v) is 11.5. The predicted octanol–water partition coefficient (Wildman–Crippen LogP) is 14.7. The van der Waals surface area contributed by atoms with Crippen LogP contribution in [0.25, 0.3) is 0 Å². The fourth-order valence-corrected chi connectivity index (χ4v) is 8.57. The lowest BCUT2D eigenvalue weighted by Gasteiger charge is -2.21. The van der Waals surface area contributed by atoms with E-state index in [0.717, 1.165) is 38.5 Å². The minimum Gasteiger partial charge on any atom is -0.481 e. The first kappa shape index (κ1) is 46.3. The van der Waals surface area contributed by atoms with Crippen molar-refractivity contribution < 1.29 is 19.8 Å². The molecule has 0 rings (SSSR count). The van der Waals surface area contributed by atoms with Gasteiger partial charge < -0.3 is 10.2 Å². The second-order valence-electron chi connectivity index (χ2n) is 14.8. The molecular formula is C42H82O4S. The fraction of sp³-hybridized carbons (Fsp3) is 0.952. The number of carboxylic acid groups (broad SMARTS) is 2. The van der Waals surface area contributed by atoms with Crippen LogP contribution < -0.4 is 0 Å². The van der Waals surface area contributed by atoms with Crippen molar-refractivity contribution in [2.75, 3.05) is 0 Å². The van der Waals surface area contributed by atoms with Crippen molar-refractivity contribution in [3.05, 3.63) is 0 Å². The molecule has 0 saturated heterocycles. The lowest BCUT2D eigenvalue weighted by Crippen LogP contribution is -2.18. The molecule has 0 aliphatic carbocycles. The Labute approximate surface area is 298 Å². The maximum Gasteiger partial charge on any atom is 0.304 e. The van der Waals surface area contributed by atoms with E-state index in [9.17, 15) is 19.8 Å². The van der Waals surface area contributed by atoms with Crippen LogP contribution in [0.5, 0.6) is 0 Å². The van der Waals surface area contributed by atoms with Gasteiger partial charge in [0.25, 0.3) is 0 Å². The van der Waals surface area contributed by atoms with Crippen LogP contribution in [0.3, 0.4) is 0 Å². The molecule has 0 amide bonds. The van der Waals surface area contributed by atoms with Crippen LogP contribution in [-0.2, 0) is 9.59 Å². The van der Waals surface area contributed by atoms with E-state index in [0.29, 0.717) is 0 Å². The van der Waals surface area contributed by atoms with Gasteiger partial charge in [-0.2, -0.15) is 11.8 Å². The molecule has 0 aromatic carbocycles. The van der Waals surface area contributed by atoms with Crippen LogP contribution in [0.4, 0.5) is 0 Å². The van der Waals surface area contributed by atoms with Gasteiger partial charge in [0.15, 0.2) is 0 Å². The Hall–Kier alpha value is -0.710. The van der Waals surface area contributed by atoms with Crippen LogP contribution in [0.15, 0.2) is 0 Å². The molecule has 4 nitrogen and oxygen atoms in total. The summed E-state index contributed by atoms with van der Waals surface area (Å²) in [4.78, 5) is 23.1. The van der Waals surface area contributed by atoms with Gasteiger partial charge in [-0.3, -0.25) is 9.59 Å². The van der Waals surface area contributed by atoms with E-state index in [1.165, 1.54) is 180 Å². The molecule has 280 valence electrons. The molecule has 0 aromatic heterocycles. The van der Waals surface area contributed by atoms with E-state index in [4.69, 9.17) is 0 Å². The standard InChI is InChI=1S/C42H82O4S/c1-3-5-7-9-11-13-15-17-19-21-23-25-27-29-31-33-35-39(37-41(43)44)47-40(38-42(45)46)36-34-32-30-28-26-24-22-20-18-16-14-12-10-8-6-4-2/h39-40H,3-38H2,1-2H3,(H,43,44)(H,45,46). The number of hydrogen-bond acceptors (Lipinski definition) is 3. The normalized spacial score (nSPS) is 12.8. The number of unbranched alkanes of at least 4 members (excludes halogenated alkanes) is 30. The number of thioether (sulfide) groups is 1. The third-order valence-electron chi connectivity index (χ3n) is 9.95. The van der Waals surface area contributed by atoms with Gasteiger partial charge in [-0.25, -0.2) is 0 Å². The zero-order chi connectivity index (χ0) is 34.5. The van der Waals surface area contributed by atoms with Gasteiger partial charge >= 0.3 is 11.9 Å². The second-order valence-corrected chi connectivity index (χ2v) is 16.4. The summed E-state index contributed by atoms with van der Waals surface area (Å²) in [7, 11) is 0. The average molecular weight is 683 g/mol. The molecule has 0 aromatic rings. The van der Waals surface area contributed by atoms with E-state index in [1.54, 1.807) is 11.8 Å². The van der Waals surface area contributed by atoms with Crippen LogP contribution >= 0.6 is 11.8 Å². The lowest BCUT2D eigenvalue weighted by molar-refractivity contribution is -0.137. The van der Waals surface area contributed by atoms with Gasteiger partial charge in [0.2, 0.25) is 0 Å². The highest BCUT2D eigenvalue weighted by molar-refractivity contribution is 8.00. The topological polar surface area (TPSA) is 74.6 Å². The monoisotopic (exact) mass is 683 g/mol. The summed E-state index contributed by atoms with van der Waals surface area (Å²) >= 11 is 1.66. The van der Waals surface area contributed by atoms with Gasteiger partial charge in [0.05, 0.1) is 12.8 Å². The SMILES string of the molecule is CCCCCCCCCCCCCCCCCCC(CC(=O)O)SC(CCCCCCCCCCCCCCCCCC)CC(=O)O. The lowest BCUT2D eigenvalue weighted by atomic mass is 10.0. The van der Waals surface area contributed by atoms with Crippen molar-refractivity contribution in [1.82, 2.24) is 0 Å². The summed E-state index contributed by atoms with van der Waals surface area (Å²) in [5, 5.41) is 19.1. The Morgan fingerprint density at radius 2 is 0.553 bits per heavy atom. The molecular weight excluding hydrogens is 601 g/mol. The summed E-state index contributed by atoms with van der Waals surface area (Å²) in [6.07, 6.45) is 44.9. The largest absolute Gasteiger partial charge is 0.481 e. The second kappa shape index (κ2) is 38.1. The number of carboxylic acids is 2. The Bertz CT molecular complexity index is 601.